The first-order valence-corrected chi connectivity index (χ1v) is 36.1. The minimum Gasteiger partial charge on any atom is -0.462 e. The average Bonchev–Trinajstić information content (AvgIpc) is 3.49. The first-order valence-electron chi connectivity index (χ1n) is 36.1. The summed E-state index contributed by atoms with van der Waals surface area (Å²) < 4.78 is 17.0. The summed E-state index contributed by atoms with van der Waals surface area (Å²) >= 11 is 0. The van der Waals surface area contributed by atoms with Crippen molar-refractivity contribution in [3.63, 3.8) is 0 Å². The Balaban J connectivity index is 4.37. The monoisotopic (exact) mass is 1160 g/mol. The molecule has 0 saturated heterocycles. The molecule has 1 atom stereocenters. The highest BCUT2D eigenvalue weighted by Gasteiger charge is 2.19. The third kappa shape index (κ3) is 69.3. The molecule has 1 unspecified atom stereocenters. The molecule has 0 heterocycles. The lowest BCUT2D eigenvalue weighted by atomic mass is 10.0. The summed E-state index contributed by atoms with van der Waals surface area (Å²) in [5, 5.41) is 0. The number of allylic oxidation sites excluding steroid dienone is 14. The predicted molar refractivity (Wildman–Crippen MR) is 362 cm³/mol. The van der Waals surface area contributed by atoms with Crippen molar-refractivity contribution in [3.8, 4) is 0 Å². The molecule has 0 spiro atoms. The van der Waals surface area contributed by atoms with Gasteiger partial charge in [0.05, 0.1) is 0 Å². The van der Waals surface area contributed by atoms with Gasteiger partial charge in [0.15, 0.2) is 6.10 Å². The normalized spacial score (nSPS) is 12.6. The van der Waals surface area contributed by atoms with Gasteiger partial charge >= 0.3 is 17.9 Å². The van der Waals surface area contributed by atoms with Crippen molar-refractivity contribution in [2.24, 2.45) is 0 Å². The summed E-state index contributed by atoms with van der Waals surface area (Å²) in [5.41, 5.74) is 0. The van der Waals surface area contributed by atoms with Crippen molar-refractivity contribution in [2.45, 2.75) is 374 Å². The molecule has 0 aliphatic heterocycles. The molecule has 480 valence electrons. The maximum atomic E-state index is 13.0. The lowest BCUT2D eigenvalue weighted by Gasteiger charge is -2.18. The van der Waals surface area contributed by atoms with Gasteiger partial charge in [0.2, 0.25) is 0 Å². The Morgan fingerprint density at radius 1 is 0.253 bits per heavy atom. The summed E-state index contributed by atoms with van der Waals surface area (Å²) in [5.74, 6) is -0.872. The molecule has 0 N–H and O–H groups in total. The smallest absolute Gasteiger partial charge is 0.306 e. The zero-order chi connectivity index (χ0) is 59.9. The fraction of sp³-hybridized carbons (Fsp3) is 0.779. The van der Waals surface area contributed by atoms with E-state index in [9.17, 15) is 14.4 Å². The summed E-state index contributed by atoms with van der Waals surface area (Å²) in [4.78, 5) is 38.5. The molecule has 0 aliphatic carbocycles. The fourth-order valence-corrected chi connectivity index (χ4v) is 10.5. The number of hydrogen-bond acceptors (Lipinski definition) is 6. The van der Waals surface area contributed by atoms with E-state index in [1.807, 2.05) is 0 Å². The maximum absolute atomic E-state index is 13.0. The van der Waals surface area contributed by atoms with Crippen LogP contribution in [0.1, 0.15) is 367 Å². The van der Waals surface area contributed by atoms with E-state index in [1.54, 1.807) is 0 Å². The highest BCUT2D eigenvalue weighted by Crippen LogP contribution is 2.18. The summed E-state index contributed by atoms with van der Waals surface area (Å²) in [6.45, 7) is 6.57. The van der Waals surface area contributed by atoms with Crippen LogP contribution in [0.2, 0.25) is 0 Å². The Kier molecular flexibility index (Phi) is 68.2. The third-order valence-electron chi connectivity index (χ3n) is 15.9. The van der Waals surface area contributed by atoms with Gasteiger partial charge in [-0.15, -0.1) is 0 Å². The Labute approximate surface area is 515 Å². The number of esters is 3. The van der Waals surface area contributed by atoms with Gasteiger partial charge in [-0.1, -0.05) is 337 Å². The van der Waals surface area contributed by atoms with Crippen LogP contribution in [-0.2, 0) is 28.6 Å². The predicted octanol–water partition coefficient (Wildman–Crippen LogP) is 25.0. The SMILES string of the molecule is CC/C=C\C/C=C\C/C=C\C/C=C\C/C=C\C/C=C\CCCCCCCCC(=O)OCC(COC(=O)CCCCCCCCCCCCCCCCCCC)OC(=O)CCCCCCCCCCCCC/C=C\CCCCCCCCCC. The van der Waals surface area contributed by atoms with Gasteiger partial charge in [0, 0.05) is 19.3 Å². The van der Waals surface area contributed by atoms with Gasteiger partial charge in [-0.3, -0.25) is 14.4 Å². The molecule has 0 aromatic rings. The minimum absolute atomic E-state index is 0.0775. The van der Waals surface area contributed by atoms with Gasteiger partial charge in [-0.05, 0) is 96.3 Å². The molecule has 0 aliphatic rings. The maximum Gasteiger partial charge on any atom is 0.306 e. The van der Waals surface area contributed by atoms with Crippen molar-refractivity contribution in [1.82, 2.24) is 0 Å². The average molecular weight is 1160 g/mol. The second-order valence-electron chi connectivity index (χ2n) is 24.1. The van der Waals surface area contributed by atoms with Crippen LogP contribution in [0.3, 0.4) is 0 Å². The van der Waals surface area contributed by atoms with Gasteiger partial charge in [-0.25, -0.2) is 0 Å². The Morgan fingerprint density at radius 3 is 0.747 bits per heavy atom. The molecular formula is C77H136O6. The first-order chi connectivity index (χ1) is 41.0. The van der Waals surface area contributed by atoms with Crippen LogP contribution in [0.25, 0.3) is 0 Å². The van der Waals surface area contributed by atoms with E-state index in [2.05, 4.69) is 106 Å². The summed E-state index contributed by atoms with van der Waals surface area (Å²) in [6, 6.07) is 0. The molecule has 6 heteroatoms. The molecular weight excluding hydrogens is 1020 g/mol. The van der Waals surface area contributed by atoms with E-state index in [0.29, 0.717) is 19.3 Å². The van der Waals surface area contributed by atoms with Crippen molar-refractivity contribution in [1.29, 1.82) is 0 Å². The highest BCUT2D eigenvalue weighted by atomic mass is 16.6. The van der Waals surface area contributed by atoms with Gasteiger partial charge in [0.1, 0.15) is 13.2 Å². The molecule has 6 nitrogen and oxygen atoms in total. The van der Waals surface area contributed by atoms with E-state index in [0.717, 1.165) is 103 Å². The molecule has 0 saturated carbocycles. The molecule has 0 aromatic heterocycles. The quantitative estimate of drug-likeness (QED) is 0.0261. The van der Waals surface area contributed by atoms with E-state index in [1.165, 1.54) is 225 Å². The zero-order valence-electron chi connectivity index (χ0n) is 55.2. The molecule has 0 rings (SSSR count). The standard InChI is InChI=1S/C77H136O6/c1-4-7-10-13-16-19-22-25-28-31-33-35-37-38-40-41-43-46-49-52-55-58-61-64-67-70-76(79)82-73-74(72-81-75(78)69-66-63-60-57-54-51-48-45-30-27-24-21-18-15-12-9-6-3)83-77(80)71-68-65-62-59-56-53-50-47-44-42-39-36-34-32-29-26-23-20-17-14-11-8-5-2/h7,10,16,19,25,28,32-35,38,40,43,46,74H,4-6,8-9,11-15,17-18,20-24,26-27,29-31,36-37,39,41-42,44-45,47-73H2,1-3H3/b10-7-,19-16-,28-25-,34-32-,35-33-,40-38-,46-43-. The van der Waals surface area contributed by atoms with E-state index >= 15 is 0 Å². The van der Waals surface area contributed by atoms with Gasteiger partial charge in [-0.2, -0.15) is 0 Å². The molecule has 0 fully saturated rings. The second kappa shape index (κ2) is 71.1. The minimum atomic E-state index is -0.784. The Bertz CT molecular complexity index is 1570. The fourth-order valence-electron chi connectivity index (χ4n) is 10.5. The first kappa shape index (κ1) is 79.6. The lowest BCUT2D eigenvalue weighted by Crippen LogP contribution is -2.30. The van der Waals surface area contributed by atoms with E-state index in [4.69, 9.17) is 14.2 Å². The molecule has 0 radical (unpaired) electrons. The number of carbonyl (C=O) groups excluding carboxylic acids is 3. The second-order valence-corrected chi connectivity index (χ2v) is 24.1. The Morgan fingerprint density at radius 2 is 0.470 bits per heavy atom. The topological polar surface area (TPSA) is 78.9 Å². The highest BCUT2D eigenvalue weighted by molar-refractivity contribution is 5.71. The molecule has 0 aromatic carbocycles. The van der Waals surface area contributed by atoms with Crippen LogP contribution in [0.15, 0.2) is 85.1 Å². The molecule has 0 bridgehead atoms. The van der Waals surface area contributed by atoms with Crippen LogP contribution < -0.4 is 0 Å². The molecule has 0 amide bonds. The van der Waals surface area contributed by atoms with Crippen LogP contribution in [0.4, 0.5) is 0 Å². The summed E-state index contributed by atoms with van der Waals surface area (Å²) in [7, 11) is 0. The van der Waals surface area contributed by atoms with Crippen molar-refractivity contribution < 1.29 is 28.6 Å². The van der Waals surface area contributed by atoms with Gasteiger partial charge < -0.3 is 14.2 Å². The number of rotatable bonds is 66. The molecule has 83 heavy (non-hydrogen) atoms. The van der Waals surface area contributed by atoms with Gasteiger partial charge in [0.25, 0.3) is 0 Å². The third-order valence-corrected chi connectivity index (χ3v) is 15.9. The van der Waals surface area contributed by atoms with Crippen LogP contribution in [0.5, 0.6) is 0 Å². The van der Waals surface area contributed by atoms with Crippen LogP contribution in [0, 0.1) is 0 Å². The number of ether oxygens (including phenoxy) is 3. The largest absolute Gasteiger partial charge is 0.462 e. The van der Waals surface area contributed by atoms with Crippen molar-refractivity contribution >= 4 is 17.9 Å². The van der Waals surface area contributed by atoms with E-state index in [-0.39, 0.29) is 31.1 Å². The Hall–Kier alpha value is -3.41. The lowest BCUT2D eigenvalue weighted by molar-refractivity contribution is -0.167. The number of carbonyl (C=O) groups is 3. The summed E-state index contributed by atoms with van der Waals surface area (Å²) in [6.07, 6.45) is 94.6. The van der Waals surface area contributed by atoms with Crippen molar-refractivity contribution in [3.05, 3.63) is 85.1 Å². The number of hydrogen-bond donors (Lipinski definition) is 0. The zero-order valence-corrected chi connectivity index (χ0v) is 55.2. The number of unbranched alkanes of at least 4 members (excludes halogenated alkanes) is 41. The van der Waals surface area contributed by atoms with Crippen LogP contribution >= 0.6 is 0 Å². The van der Waals surface area contributed by atoms with Crippen LogP contribution in [-0.4, -0.2) is 37.2 Å². The van der Waals surface area contributed by atoms with Crippen molar-refractivity contribution in [2.75, 3.05) is 13.2 Å². The van der Waals surface area contributed by atoms with E-state index < -0.39 is 6.10 Å².